The van der Waals surface area contributed by atoms with E-state index < -0.39 is 29.9 Å². The molecule has 0 bridgehead atoms. The molecule has 1 aliphatic carbocycles. The van der Waals surface area contributed by atoms with Gasteiger partial charge in [0.25, 0.3) is 0 Å². The van der Waals surface area contributed by atoms with Gasteiger partial charge in [-0.2, -0.15) is 0 Å². The third kappa shape index (κ3) is 6.00. The Kier molecular flexibility index (Phi) is 7.08. The van der Waals surface area contributed by atoms with Gasteiger partial charge in [-0.3, -0.25) is 0 Å². The molecule has 2 rings (SSSR count). The average molecular weight is 428 g/mol. The molecule has 0 saturated heterocycles. The number of rotatable bonds is 5. The summed E-state index contributed by atoms with van der Waals surface area (Å²) < 4.78 is 17.0. The van der Waals surface area contributed by atoms with E-state index in [1.54, 1.807) is 27.9 Å². The van der Waals surface area contributed by atoms with Crippen molar-refractivity contribution in [3.05, 3.63) is 40.4 Å². The molecule has 0 aliphatic heterocycles. The number of carbonyl (C=O) groups excluding carboxylic acids is 1. The topological polar surface area (TPSA) is 77.0 Å². The zero-order valence-corrected chi connectivity index (χ0v) is 17.1. The first-order chi connectivity index (χ1) is 12.2. The number of nitrogens with one attached hydrogen (secondary N) is 1. The van der Waals surface area contributed by atoms with E-state index in [2.05, 4.69) is 21.2 Å². The second-order valence-corrected chi connectivity index (χ2v) is 8.05. The molecule has 0 unspecified atom stereocenters. The van der Waals surface area contributed by atoms with E-state index in [0.29, 0.717) is 17.5 Å². The Bertz CT molecular complexity index is 638. The number of aliphatic hydroxyl groups is 1. The van der Waals surface area contributed by atoms with E-state index in [1.165, 1.54) is 0 Å². The number of halogens is 1. The summed E-state index contributed by atoms with van der Waals surface area (Å²) in [5.41, 5.74) is 0.368. The molecule has 0 fully saturated rings. The van der Waals surface area contributed by atoms with Crippen LogP contribution in [0.4, 0.5) is 4.79 Å². The Morgan fingerprint density at radius 3 is 2.54 bits per heavy atom. The first-order valence-corrected chi connectivity index (χ1v) is 9.26. The monoisotopic (exact) mass is 427 g/mol. The minimum Gasteiger partial charge on any atom is -0.497 e. The fourth-order valence-electron chi connectivity index (χ4n) is 2.55. The molecule has 1 amide bonds. The highest BCUT2D eigenvalue weighted by molar-refractivity contribution is 9.11. The normalized spacial score (nSPS) is 23.2. The molecule has 0 spiro atoms. The van der Waals surface area contributed by atoms with Gasteiger partial charge in [-0.15, -0.1) is 0 Å². The van der Waals surface area contributed by atoms with Crippen molar-refractivity contribution in [2.24, 2.45) is 0 Å². The van der Waals surface area contributed by atoms with Gasteiger partial charge in [-0.1, -0.05) is 34.1 Å². The molecular weight excluding hydrogens is 402 g/mol. The summed E-state index contributed by atoms with van der Waals surface area (Å²) >= 11 is 3.40. The minimum atomic E-state index is -0.889. The molecule has 1 aromatic carbocycles. The number of methoxy groups -OCH3 is 1. The number of hydrogen-bond donors (Lipinski definition) is 2. The van der Waals surface area contributed by atoms with E-state index in [4.69, 9.17) is 14.2 Å². The number of amides is 1. The highest BCUT2D eigenvalue weighted by Gasteiger charge is 2.35. The van der Waals surface area contributed by atoms with E-state index >= 15 is 0 Å². The molecule has 3 atom stereocenters. The number of benzene rings is 1. The van der Waals surface area contributed by atoms with E-state index in [1.807, 2.05) is 30.3 Å². The van der Waals surface area contributed by atoms with Crippen LogP contribution in [-0.2, 0) is 16.1 Å². The van der Waals surface area contributed by atoms with Crippen LogP contribution in [0.5, 0.6) is 5.75 Å². The van der Waals surface area contributed by atoms with Gasteiger partial charge >= 0.3 is 6.09 Å². The predicted octanol–water partition coefficient (Wildman–Crippen LogP) is 3.52. The lowest BCUT2D eigenvalue weighted by molar-refractivity contribution is -0.0572. The zero-order chi connectivity index (χ0) is 19.3. The summed E-state index contributed by atoms with van der Waals surface area (Å²) in [6, 6.07) is 6.94. The van der Waals surface area contributed by atoms with Crippen LogP contribution >= 0.6 is 15.9 Å². The highest BCUT2D eigenvalue weighted by Crippen LogP contribution is 2.27. The van der Waals surface area contributed by atoms with Crippen molar-refractivity contribution in [2.45, 2.75) is 57.6 Å². The Balaban J connectivity index is 1.95. The van der Waals surface area contributed by atoms with Gasteiger partial charge in [-0.25, -0.2) is 4.79 Å². The van der Waals surface area contributed by atoms with Crippen LogP contribution in [0.15, 0.2) is 34.8 Å². The first kappa shape index (κ1) is 20.7. The zero-order valence-electron chi connectivity index (χ0n) is 15.5. The lowest BCUT2D eigenvalue weighted by Crippen LogP contribution is -2.52. The number of aliphatic hydroxyl groups excluding tert-OH is 1. The largest absolute Gasteiger partial charge is 0.497 e. The van der Waals surface area contributed by atoms with Gasteiger partial charge in [0, 0.05) is 4.48 Å². The Labute approximate surface area is 162 Å². The molecule has 0 saturated carbocycles. The van der Waals surface area contributed by atoms with Gasteiger partial charge in [0.15, 0.2) is 0 Å². The summed E-state index contributed by atoms with van der Waals surface area (Å²) in [5.74, 6) is 0.778. The van der Waals surface area contributed by atoms with Crippen LogP contribution in [-0.4, -0.2) is 42.2 Å². The average Bonchev–Trinajstić information content (AvgIpc) is 2.57. The maximum atomic E-state index is 12.0. The molecule has 144 valence electrons. The maximum Gasteiger partial charge on any atom is 0.408 e. The number of ether oxygens (including phenoxy) is 3. The summed E-state index contributed by atoms with van der Waals surface area (Å²) in [5, 5.41) is 13.3. The van der Waals surface area contributed by atoms with Gasteiger partial charge in [0.1, 0.15) is 17.5 Å². The van der Waals surface area contributed by atoms with Crippen LogP contribution in [0.3, 0.4) is 0 Å². The fraction of sp³-hybridized carbons (Fsp3) is 0.526. The van der Waals surface area contributed by atoms with Crippen molar-refractivity contribution >= 4 is 22.0 Å². The lowest BCUT2D eigenvalue weighted by atomic mass is 9.96. The van der Waals surface area contributed by atoms with Crippen LogP contribution in [0.1, 0.15) is 32.8 Å². The van der Waals surface area contributed by atoms with Crippen molar-refractivity contribution in [1.82, 2.24) is 5.32 Å². The third-order valence-electron chi connectivity index (χ3n) is 3.86. The summed E-state index contributed by atoms with van der Waals surface area (Å²) in [7, 11) is 1.62. The van der Waals surface area contributed by atoms with Crippen molar-refractivity contribution in [1.29, 1.82) is 0 Å². The fourth-order valence-corrected chi connectivity index (χ4v) is 3.13. The molecule has 0 aromatic heterocycles. The van der Waals surface area contributed by atoms with E-state index in [9.17, 15) is 9.90 Å². The summed E-state index contributed by atoms with van der Waals surface area (Å²) in [6.45, 7) is 5.72. The SMILES string of the molecule is COc1ccc(CO[C@@H]2CC=C(Br)[C@H](NC(=O)OC(C)(C)C)[C@H]2O)cc1. The third-order valence-corrected chi connectivity index (χ3v) is 4.68. The quantitative estimate of drug-likeness (QED) is 0.751. The summed E-state index contributed by atoms with van der Waals surface area (Å²) in [6.07, 6.45) is 0.541. The Morgan fingerprint density at radius 1 is 1.31 bits per heavy atom. The van der Waals surface area contributed by atoms with E-state index in [0.717, 1.165) is 11.3 Å². The second-order valence-electron chi connectivity index (χ2n) is 7.14. The van der Waals surface area contributed by atoms with Crippen molar-refractivity contribution in [3.63, 3.8) is 0 Å². The number of alkyl carbamates (subject to hydrolysis) is 1. The molecular formula is C19H26BrNO5. The molecule has 26 heavy (non-hydrogen) atoms. The van der Waals surface area contributed by atoms with Crippen molar-refractivity contribution in [3.8, 4) is 5.75 Å². The van der Waals surface area contributed by atoms with Gasteiger partial charge in [0.2, 0.25) is 0 Å². The molecule has 0 heterocycles. The van der Waals surface area contributed by atoms with Crippen LogP contribution < -0.4 is 10.1 Å². The maximum absolute atomic E-state index is 12.0. The Morgan fingerprint density at radius 2 is 1.96 bits per heavy atom. The molecule has 7 heteroatoms. The summed E-state index contributed by atoms with van der Waals surface area (Å²) in [4.78, 5) is 12.0. The smallest absolute Gasteiger partial charge is 0.408 e. The molecule has 0 radical (unpaired) electrons. The van der Waals surface area contributed by atoms with Crippen molar-refractivity contribution < 1.29 is 24.1 Å². The van der Waals surface area contributed by atoms with Crippen LogP contribution in [0.2, 0.25) is 0 Å². The molecule has 2 N–H and O–H groups in total. The van der Waals surface area contributed by atoms with Gasteiger partial charge in [-0.05, 0) is 44.9 Å². The molecule has 1 aromatic rings. The van der Waals surface area contributed by atoms with E-state index in [-0.39, 0.29) is 0 Å². The highest BCUT2D eigenvalue weighted by atomic mass is 79.9. The Hall–Kier alpha value is -1.57. The number of carbonyl (C=O) groups is 1. The molecule has 6 nitrogen and oxygen atoms in total. The van der Waals surface area contributed by atoms with Gasteiger partial charge < -0.3 is 24.6 Å². The van der Waals surface area contributed by atoms with Gasteiger partial charge in [0.05, 0.1) is 25.9 Å². The van der Waals surface area contributed by atoms with Crippen molar-refractivity contribution in [2.75, 3.05) is 7.11 Å². The second kappa shape index (κ2) is 8.88. The predicted molar refractivity (Wildman–Crippen MR) is 102 cm³/mol. The van der Waals surface area contributed by atoms with Crippen LogP contribution in [0, 0.1) is 0 Å². The number of hydrogen-bond acceptors (Lipinski definition) is 5. The lowest BCUT2D eigenvalue weighted by Gasteiger charge is -2.34. The van der Waals surface area contributed by atoms with Crippen LogP contribution in [0.25, 0.3) is 0 Å². The standard InChI is InChI=1S/C19H26BrNO5/c1-19(2,3)26-18(23)21-16-14(20)9-10-15(17(16)22)25-11-12-5-7-13(24-4)8-6-12/h5-9,15-17,22H,10-11H2,1-4H3,(H,21,23)/t15-,16+,17+/m1/s1. The molecule has 1 aliphatic rings. The minimum absolute atomic E-state index is 0.357. The first-order valence-electron chi connectivity index (χ1n) is 8.47.